The molecule has 1 saturated heterocycles. The largest absolute Gasteiger partial charge is 1.00 e. The molecule has 0 bridgehead atoms. The first-order valence-corrected chi connectivity index (χ1v) is 12.8. The van der Waals surface area contributed by atoms with Crippen LogP contribution in [0.2, 0.25) is 0 Å². The van der Waals surface area contributed by atoms with Crippen LogP contribution in [0.4, 0.5) is 5.13 Å². The van der Waals surface area contributed by atoms with Crippen molar-refractivity contribution in [3.05, 3.63) is 51.8 Å². The van der Waals surface area contributed by atoms with Crippen molar-refractivity contribution in [3.8, 4) is 10.7 Å². The van der Waals surface area contributed by atoms with Crippen molar-refractivity contribution in [3.63, 3.8) is 0 Å². The minimum absolute atomic E-state index is 0. The zero-order valence-corrected chi connectivity index (χ0v) is 23.3. The molecule has 2 aliphatic rings. The van der Waals surface area contributed by atoms with Crippen LogP contribution < -0.4 is 40.4 Å². The van der Waals surface area contributed by atoms with Crippen LogP contribution in [0.15, 0.2) is 55.0 Å². The van der Waals surface area contributed by atoms with E-state index in [0.29, 0.717) is 22.0 Å². The number of aromatic nitrogens is 3. The van der Waals surface area contributed by atoms with Crippen molar-refractivity contribution in [1.29, 1.82) is 0 Å². The molecule has 2 atom stereocenters. The summed E-state index contributed by atoms with van der Waals surface area (Å²) in [5.74, 6) is -2.30. The normalized spacial score (nSPS) is 20.1. The van der Waals surface area contributed by atoms with Gasteiger partial charge in [0.1, 0.15) is 33.2 Å². The van der Waals surface area contributed by atoms with Gasteiger partial charge in [-0.1, -0.05) is 16.4 Å². The second kappa shape index (κ2) is 11.2. The molecule has 17 heteroatoms. The molecule has 0 aliphatic carbocycles. The van der Waals surface area contributed by atoms with E-state index in [1.165, 1.54) is 28.5 Å². The number of fused-ring (bicyclic) bond motifs is 1. The predicted molar refractivity (Wildman–Crippen MR) is 130 cm³/mol. The molecule has 0 radical (unpaired) electrons. The number of β-lactam (4-membered cyclic amide) rings is 1. The number of rotatable bonds is 7. The van der Waals surface area contributed by atoms with Crippen LogP contribution in [0.3, 0.4) is 0 Å². The van der Waals surface area contributed by atoms with Gasteiger partial charge in [-0.3, -0.25) is 14.7 Å². The van der Waals surface area contributed by atoms with Gasteiger partial charge in [0, 0.05) is 34.7 Å². The summed E-state index contributed by atoms with van der Waals surface area (Å²) in [6.07, 6.45) is 4.75. The molecular formula is C20H14N7NaO6S3. The Morgan fingerprint density at radius 1 is 1.35 bits per heavy atom. The number of carbonyl (C=O) groups is 2. The van der Waals surface area contributed by atoms with Gasteiger partial charge in [-0.05, 0) is 11.6 Å². The number of carboxylic acids is 1. The van der Waals surface area contributed by atoms with E-state index in [1.54, 1.807) is 24.4 Å². The van der Waals surface area contributed by atoms with Crippen molar-refractivity contribution >= 4 is 69.1 Å². The van der Waals surface area contributed by atoms with Crippen LogP contribution in [-0.4, -0.2) is 71.0 Å². The Morgan fingerprint density at radius 2 is 2.16 bits per heavy atom. The van der Waals surface area contributed by atoms with E-state index in [-0.39, 0.29) is 51.8 Å². The number of thiazole rings is 2. The first kappa shape index (κ1) is 27.0. The molecule has 2 aliphatic heterocycles. The molecule has 3 aromatic rings. The molecule has 1 fully saturated rings. The molecule has 13 nitrogen and oxygen atoms in total. The molecule has 0 unspecified atom stereocenters. The third-order valence-corrected chi connectivity index (χ3v) is 7.88. The summed E-state index contributed by atoms with van der Waals surface area (Å²) in [6.45, 7) is 0. The maximum atomic E-state index is 12.8. The van der Waals surface area contributed by atoms with Gasteiger partial charge in [-0.2, -0.15) is 0 Å². The van der Waals surface area contributed by atoms with Crippen LogP contribution in [0.1, 0.15) is 11.5 Å². The van der Waals surface area contributed by atoms with E-state index < -0.39 is 34.9 Å². The summed E-state index contributed by atoms with van der Waals surface area (Å²) < 4.78 is 5.27. The Balaban J connectivity index is 0.00000320. The molecule has 184 valence electrons. The number of allylic oxidation sites excluding steroid dienone is 1. The summed E-state index contributed by atoms with van der Waals surface area (Å²) in [7, 11) is 0. The predicted octanol–water partition coefficient (Wildman–Crippen LogP) is -1.89. The molecule has 3 aromatic heterocycles. The summed E-state index contributed by atoms with van der Waals surface area (Å²) in [5, 5.41) is 41.9. The van der Waals surface area contributed by atoms with Gasteiger partial charge in [0.25, 0.3) is 5.91 Å². The second-order valence-electron chi connectivity index (χ2n) is 7.27. The maximum absolute atomic E-state index is 12.8. The number of thioether (sulfide) groups is 1. The molecule has 0 saturated carbocycles. The smallest absolute Gasteiger partial charge is 0.857 e. The topological polar surface area (TPSA) is 203 Å². The fourth-order valence-electron chi connectivity index (χ4n) is 3.53. The van der Waals surface area contributed by atoms with E-state index in [0.717, 1.165) is 16.2 Å². The summed E-state index contributed by atoms with van der Waals surface area (Å²) in [4.78, 5) is 37.9. The van der Waals surface area contributed by atoms with Crippen molar-refractivity contribution < 1.29 is 59.1 Å². The fourth-order valence-corrected chi connectivity index (χ4v) is 5.96. The van der Waals surface area contributed by atoms with Crippen LogP contribution in [0.5, 0.6) is 0 Å². The zero-order chi connectivity index (χ0) is 25.4. The second-order valence-corrected chi connectivity index (χ2v) is 10.2. The van der Waals surface area contributed by atoms with Gasteiger partial charge in [-0.25, -0.2) is 14.8 Å². The number of anilines is 1. The van der Waals surface area contributed by atoms with Crippen LogP contribution >= 0.6 is 34.4 Å². The number of aliphatic imine (C=N–C) groups is 1. The standard InChI is InChI=1S/C20H15N7O6S3.Na/c21-20-23-11(7-36-20)12(25-32)15(28)24-13-17(29)27-14(19(30)31)8(6-35-18(13)27)1-2-9-5-10(26-33-9)16-22-3-4-34-16;/h1-5,7,13,18,32H,6H2,(H2,21,23)(H,24,28)(H,30,31);/q;+1/p-1/b2-1+,25-12-;/t13-,18-;/m1./s1. The van der Waals surface area contributed by atoms with E-state index in [1.807, 2.05) is 5.38 Å². The third-order valence-electron chi connectivity index (χ3n) is 5.12. The Labute approximate surface area is 242 Å². The van der Waals surface area contributed by atoms with Crippen LogP contribution in [-0.2, 0) is 9.59 Å². The van der Waals surface area contributed by atoms with E-state index >= 15 is 0 Å². The average molecular weight is 568 g/mol. The number of amides is 1. The van der Waals surface area contributed by atoms with E-state index in [2.05, 4.69) is 25.3 Å². The Bertz CT molecular complexity index is 1460. The van der Waals surface area contributed by atoms with Crippen LogP contribution in [0, 0.1) is 0 Å². The Kier molecular flexibility index (Phi) is 8.15. The zero-order valence-electron chi connectivity index (χ0n) is 18.8. The first-order chi connectivity index (χ1) is 17.4. The Morgan fingerprint density at radius 3 is 2.81 bits per heavy atom. The van der Waals surface area contributed by atoms with Gasteiger partial charge in [-0.15, -0.1) is 34.4 Å². The third kappa shape index (κ3) is 5.21. The molecule has 0 spiro atoms. The number of carboxylic acid groups (broad SMARTS) is 1. The number of hydrogen-bond acceptors (Lipinski definition) is 14. The van der Waals surface area contributed by atoms with E-state index in [4.69, 9.17) is 10.3 Å². The number of oxime groups is 1. The monoisotopic (exact) mass is 567 g/mol. The summed E-state index contributed by atoms with van der Waals surface area (Å²) in [6, 6.07) is 0.533. The van der Waals surface area contributed by atoms with Gasteiger partial charge in [0.15, 0.2) is 16.9 Å². The molecular weight excluding hydrogens is 553 g/mol. The van der Waals surface area contributed by atoms with Crippen molar-refractivity contribution in [2.45, 2.75) is 11.4 Å². The molecule has 4 N–H and O–H groups in total. The molecule has 37 heavy (non-hydrogen) atoms. The van der Waals surface area contributed by atoms with Crippen LogP contribution in [0.25, 0.3) is 16.8 Å². The molecule has 5 rings (SSSR count). The van der Waals surface area contributed by atoms with Gasteiger partial charge in [0.2, 0.25) is 0 Å². The minimum atomic E-state index is -1.30. The number of nitrogens with zero attached hydrogens (tertiary/aromatic N) is 6. The number of nitrogens with two attached hydrogens (primary N) is 1. The van der Waals surface area contributed by atoms with Crippen molar-refractivity contribution in [1.82, 2.24) is 20.0 Å². The number of nitrogen functional groups attached to an aromatic ring is 1. The first-order valence-electron chi connectivity index (χ1n) is 10.0. The summed E-state index contributed by atoms with van der Waals surface area (Å²) in [5.41, 5.74) is 5.83. The molecule has 0 aromatic carbocycles. The van der Waals surface area contributed by atoms with Gasteiger partial charge < -0.3 is 25.7 Å². The number of hydrogen-bond donors (Lipinski definition) is 3. The molecule has 1 amide bonds. The Hall–Kier alpha value is -3.02. The average Bonchev–Trinajstić information content (AvgIpc) is 3.63. The maximum Gasteiger partial charge on any atom is 1.00 e. The van der Waals surface area contributed by atoms with Crippen molar-refractivity contribution in [2.75, 3.05) is 11.5 Å². The number of carbonyl (C=O) groups excluding carboxylic acids is 1. The summed E-state index contributed by atoms with van der Waals surface area (Å²) >= 11 is 3.69. The van der Waals surface area contributed by atoms with E-state index in [9.17, 15) is 25.0 Å². The molecule has 5 heterocycles. The fraction of sp³-hybridized carbons (Fsp3) is 0.150. The van der Waals surface area contributed by atoms with Gasteiger partial charge >= 0.3 is 35.5 Å². The SMILES string of the molecule is Nc1nc(/C(=N/O)C([O-])=N[C@@H]2C(=O)N3C(C(=O)O)=C(/C=C/c4cc(-c5nccs5)no4)CS[C@H]23)cs1.[Na+]. The van der Waals surface area contributed by atoms with Gasteiger partial charge in [0.05, 0.1) is 0 Å². The minimum Gasteiger partial charge on any atom is -0.857 e. The quantitative estimate of drug-likeness (QED) is 0.0719. The number of aliphatic carboxylic acids is 1. The van der Waals surface area contributed by atoms with Crippen molar-refractivity contribution in [2.24, 2.45) is 10.1 Å².